The molecule has 1 aliphatic rings. The first kappa shape index (κ1) is 12.1. The van der Waals surface area contributed by atoms with Gasteiger partial charge in [-0.15, -0.1) is 5.10 Å². The molecule has 0 unspecified atom stereocenters. The molecule has 1 aromatic carbocycles. The third-order valence-corrected chi connectivity index (χ3v) is 3.72. The summed E-state index contributed by atoms with van der Waals surface area (Å²) in [6.07, 6.45) is 1.78. The zero-order chi connectivity index (χ0) is 13.8. The van der Waals surface area contributed by atoms with Gasteiger partial charge in [-0.3, -0.25) is 0 Å². The van der Waals surface area contributed by atoms with Crippen LogP contribution in [0, 0.1) is 11.2 Å². The summed E-state index contributed by atoms with van der Waals surface area (Å²) in [6, 6.07) is 2.68. The molecule has 1 aromatic heterocycles. The lowest BCUT2D eigenvalue weighted by Crippen LogP contribution is -2.34. The van der Waals surface area contributed by atoms with Gasteiger partial charge < -0.3 is 5.11 Å². The third kappa shape index (κ3) is 1.78. The number of carboxylic acid groups (broad SMARTS) is 1. The number of aromatic nitrogens is 3. The molecule has 1 fully saturated rings. The molecule has 0 radical (unpaired) electrons. The zero-order valence-electron chi connectivity index (χ0n) is 10.7. The van der Waals surface area contributed by atoms with Crippen molar-refractivity contribution in [2.24, 2.45) is 5.41 Å². The summed E-state index contributed by atoms with van der Waals surface area (Å²) in [4.78, 5) is 11.2. The highest BCUT2D eigenvalue weighted by Crippen LogP contribution is 2.48. The zero-order valence-corrected chi connectivity index (χ0v) is 10.7. The number of carboxylic acids is 1. The lowest BCUT2D eigenvalue weighted by molar-refractivity contribution is 0.0691. The van der Waals surface area contributed by atoms with Gasteiger partial charge in [0.25, 0.3) is 0 Å². The summed E-state index contributed by atoms with van der Waals surface area (Å²) in [5.74, 6) is -2.03. The molecule has 100 valence electrons. The highest BCUT2D eigenvalue weighted by Gasteiger charge is 2.39. The summed E-state index contributed by atoms with van der Waals surface area (Å²) in [7, 11) is 0. The molecular weight excluding hydrogens is 249 g/mol. The van der Waals surface area contributed by atoms with E-state index in [1.54, 1.807) is 4.68 Å². The lowest BCUT2D eigenvalue weighted by atomic mass is 9.68. The SMILES string of the molecule is CC1(C)CC(n2nnc3ccc(F)c(C(=O)O)c32)C1. The van der Waals surface area contributed by atoms with Gasteiger partial charge in [0.2, 0.25) is 0 Å². The van der Waals surface area contributed by atoms with E-state index in [9.17, 15) is 14.3 Å². The van der Waals surface area contributed by atoms with Gasteiger partial charge in [0, 0.05) is 0 Å². The second-order valence-corrected chi connectivity index (χ2v) is 5.86. The normalized spacial score (nSPS) is 18.5. The molecule has 6 heteroatoms. The second kappa shape index (κ2) is 3.76. The van der Waals surface area contributed by atoms with Crippen molar-refractivity contribution in [3.63, 3.8) is 0 Å². The second-order valence-electron chi connectivity index (χ2n) is 5.86. The summed E-state index contributed by atoms with van der Waals surface area (Å²) in [5.41, 5.74) is 0.586. The topological polar surface area (TPSA) is 68.0 Å². The van der Waals surface area contributed by atoms with Crippen LogP contribution in [0.5, 0.6) is 0 Å². The molecule has 3 rings (SSSR count). The van der Waals surface area contributed by atoms with Crippen LogP contribution in [0.25, 0.3) is 11.0 Å². The van der Waals surface area contributed by atoms with Gasteiger partial charge in [0.15, 0.2) is 0 Å². The maximum absolute atomic E-state index is 13.7. The number of carbonyl (C=O) groups is 1. The maximum Gasteiger partial charge on any atom is 0.340 e. The Hall–Kier alpha value is -1.98. The molecule has 0 amide bonds. The number of hydrogen-bond donors (Lipinski definition) is 1. The van der Waals surface area contributed by atoms with Crippen molar-refractivity contribution in [2.45, 2.75) is 32.7 Å². The molecule has 2 aromatic rings. The fourth-order valence-corrected chi connectivity index (χ4v) is 2.86. The third-order valence-electron chi connectivity index (χ3n) is 3.72. The molecule has 0 atom stereocenters. The molecule has 0 saturated heterocycles. The molecule has 0 bridgehead atoms. The predicted octanol–water partition coefficient (Wildman–Crippen LogP) is 2.63. The van der Waals surface area contributed by atoms with E-state index in [0.717, 1.165) is 18.9 Å². The summed E-state index contributed by atoms with van der Waals surface area (Å²) < 4.78 is 15.3. The van der Waals surface area contributed by atoms with Gasteiger partial charge in [-0.25, -0.2) is 13.9 Å². The van der Waals surface area contributed by atoms with Gasteiger partial charge in [-0.1, -0.05) is 19.1 Å². The molecule has 1 heterocycles. The minimum Gasteiger partial charge on any atom is -0.478 e. The van der Waals surface area contributed by atoms with Crippen molar-refractivity contribution in [1.82, 2.24) is 15.0 Å². The minimum absolute atomic E-state index is 0.0971. The van der Waals surface area contributed by atoms with E-state index in [-0.39, 0.29) is 22.5 Å². The Labute approximate surface area is 109 Å². The summed E-state index contributed by atoms with van der Waals surface area (Å²) in [5, 5.41) is 17.1. The number of nitrogens with zero attached hydrogens (tertiary/aromatic N) is 3. The molecule has 1 aliphatic carbocycles. The van der Waals surface area contributed by atoms with E-state index in [4.69, 9.17) is 0 Å². The summed E-state index contributed by atoms with van der Waals surface area (Å²) >= 11 is 0. The van der Waals surface area contributed by atoms with Crippen molar-refractivity contribution in [2.75, 3.05) is 0 Å². The van der Waals surface area contributed by atoms with Crippen LogP contribution in [0.15, 0.2) is 12.1 Å². The van der Waals surface area contributed by atoms with Gasteiger partial charge in [-0.2, -0.15) is 0 Å². The Kier molecular flexibility index (Phi) is 2.39. The quantitative estimate of drug-likeness (QED) is 0.904. The monoisotopic (exact) mass is 263 g/mol. The van der Waals surface area contributed by atoms with Crippen molar-refractivity contribution >= 4 is 17.0 Å². The van der Waals surface area contributed by atoms with Crippen LogP contribution in [-0.4, -0.2) is 26.1 Å². The highest BCUT2D eigenvalue weighted by atomic mass is 19.1. The highest BCUT2D eigenvalue weighted by molar-refractivity contribution is 6.01. The molecule has 0 spiro atoms. The van der Waals surface area contributed by atoms with Crippen molar-refractivity contribution < 1.29 is 14.3 Å². The van der Waals surface area contributed by atoms with Crippen LogP contribution in [0.3, 0.4) is 0 Å². The average Bonchev–Trinajstić information content (AvgIpc) is 2.68. The van der Waals surface area contributed by atoms with Gasteiger partial charge in [0.1, 0.15) is 22.4 Å². The van der Waals surface area contributed by atoms with E-state index in [1.807, 2.05) is 0 Å². The summed E-state index contributed by atoms with van der Waals surface area (Å²) in [6.45, 7) is 4.28. The van der Waals surface area contributed by atoms with Gasteiger partial charge in [0.05, 0.1) is 6.04 Å². The van der Waals surface area contributed by atoms with Crippen LogP contribution in [0.4, 0.5) is 4.39 Å². The Morgan fingerprint density at radius 1 is 1.47 bits per heavy atom. The average molecular weight is 263 g/mol. The first-order chi connectivity index (χ1) is 8.89. The lowest BCUT2D eigenvalue weighted by Gasteiger charge is -2.42. The maximum atomic E-state index is 13.7. The van der Waals surface area contributed by atoms with Crippen LogP contribution < -0.4 is 0 Å². The van der Waals surface area contributed by atoms with E-state index in [1.165, 1.54) is 6.07 Å². The Bertz CT molecular complexity index is 670. The van der Waals surface area contributed by atoms with Crippen LogP contribution in [0.2, 0.25) is 0 Å². The molecule has 5 nitrogen and oxygen atoms in total. The number of fused-ring (bicyclic) bond motifs is 1. The molecule has 0 aliphatic heterocycles. The Morgan fingerprint density at radius 2 is 2.16 bits per heavy atom. The predicted molar refractivity (Wildman–Crippen MR) is 66.5 cm³/mol. The van der Waals surface area contributed by atoms with Crippen molar-refractivity contribution in [3.05, 3.63) is 23.5 Å². The van der Waals surface area contributed by atoms with Crippen LogP contribution in [-0.2, 0) is 0 Å². The fraction of sp³-hybridized carbons (Fsp3) is 0.462. The van der Waals surface area contributed by atoms with Gasteiger partial charge >= 0.3 is 5.97 Å². The first-order valence-electron chi connectivity index (χ1n) is 6.16. The molecule has 19 heavy (non-hydrogen) atoms. The molecular formula is C13H14FN3O2. The first-order valence-corrected chi connectivity index (χ1v) is 6.16. The van der Waals surface area contributed by atoms with Gasteiger partial charge in [-0.05, 0) is 30.4 Å². The number of benzene rings is 1. The van der Waals surface area contributed by atoms with E-state index < -0.39 is 11.8 Å². The number of rotatable bonds is 2. The van der Waals surface area contributed by atoms with Crippen LogP contribution >= 0.6 is 0 Å². The van der Waals surface area contributed by atoms with Crippen molar-refractivity contribution in [1.29, 1.82) is 0 Å². The number of aromatic carboxylic acids is 1. The standard InChI is InChI=1S/C13H14FN3O2/c1-13(2)5-7(6-13)17-11-9(15-16-17)4-3-8(14)10(11)12(18)19/h3-4,7H,5-6H2,1-2H3,(H,18,19). The van der Waals surface area contributed by atoms with E-state index in [2.05, 4.69) is 24.2 Å². The molecule has 1 saturated carbocycles. The van der Waals surface area contributed by atoms with Crippen LogP contribution in [0.1, 0.15) is 43.1 Å². The fourth-order valence-electron chi connectivity index (χ4n) is 2.86. The molecule has 1 N–H and O–H groups in total. The number of halogens is 1. The number of hydrogen-bond acceptors (Lipinski definition) is 3. The van der Waals surface area contributed by atoms with E-state index >= 15 is 0 Å². The largest absolute Gasteiger partial charge is 0.478 e. The smallest absolute Gasteiger partial charge is 0.340 e. The van der Waals surface area contributed by atoms with Crippen molar-refractivity contribution in [3.8, 4) is 0 Å². The minimum atomic E-state index is -1.29. The van der Waals surface area contributed by atoms with E-state index in [0.29, 0.717) is 5.52 Å². The Morgan fingerprint density at radius 3 is 2.74 bits per heavy atom. The Balaban J connectivity index is 2.16.